The van der Waals surface area contributed by atoms with Crippen LogP contribution in [0.3, 0.4) is 0 Å². The predicted octanol–water partition coefficient (Wildman–Crippen LogP) is 3.46. The molecule has 0 bridgehead atoms. The van der Waals surface area contributed by atoms with E-state index in [1.54, 1.807) is 0 Å². The van der Waals surface area contributed by atoms with E-state index in [1.807, 2.05) is 11.8 Å². The summed E-state index contributed by atoms with van der Waals surface area (Å²) in [5, 5.41) is 0.735. The molecular formula is C10H12S3. The van der Waals surface area contributed by atoms with Gasteiger partial charge in [0.15, 0.2) is 0 Å². The topological polar surface area (TPSA) is 0 Å². The predicted molar refractivity (Wildman–Crippen MR) is 66.9 cm³/mol. The molecule has 0 N–H and O–H groups in total. The molecule has 0 aliphatic carbocycles. The van der Waals surface area contributed by atoms with Gasteiger partial charge in [0.1, 0.15) is 0 Å². The van der Waals surface area contributed by atoms with Crippen molar-refractivity contribution < 1.29 is 0 Å². The van der Waals surface area contributed by atoms with Crippen molar-refractivity contribution >= 4 is 36.2 Å². The Kier molecular flexibility index (Phi) is 3.52. The second kappa shape index (κ2) is 4.67. The molecule has 0 aromatic heterocycles. The van der Waals surface area contributed by atoms with Crippen molar-refractivity contribution in [2.45, 2.75) is 9.83 Å². The molecule has 0 radical (unpaired) electrons. The zero-order valence-electron chi connectivity index (χ0n) is 7.22. The van der Waals surface area contributed by atoms with Gasteiger partial charge in [-0.15, -0.1) is 23.5 Å². The second-order valence-electron chi connectivity index (χ2n) is 3.02. The van der Waals surface area contributed by atoms with E-state index in [4.69, 9.17) is 0 Å². The van der Waals surface area contributed by atoms with Gasteiger partial charge in [0.05, 0.1) is 4.58 Å². The molecule has 0 amide bonds. The molecule has 1 aliphatic rings. The average Bonchev–Trinajstić information content (AvgIpc) is 2.67. The molecule has 0 spiro atoms. The fraction of sp³-hybridized carbons (Fsp3) is 0.400. The third-order valence-corrected chi connectivity index (χ3v) is 6.07. The van der Waals surface area contributed by atoms with Crippen LogP contribution >= 0.6 is 36.2 Å². The third kappa shape index (κ3) is 2.39. The Morgan fingerprint density at radius 3 is 2.69 bits per heavy atom. The van der Waals surface area contributed by atoms with Gasteiger partial charge in [0, 0.05) is 16.8 Å². The van der Waals surface area contributed by atoms with Crippen molar-refractivity contribution in [3.8, 4) is 0 Å². The summed E-state index contributed by atoms with van der Waals surface area (Å²) in [5.74, 6) is 2.24. The van der Waals surface area contributed by atoms with Gasteiger partial charge in [-0.25, -0.2) is 0 Å². The number of rotatable bonds is 2. The van der Waals surface area contributed by atoms with Crippen LogP contribution in [0.5, 0.6) is 0 Å². The Balaban J connectivity index is 2.04. The van der Waals surface area contributed by atoms with Gasteiger partial charge in [0.25, 0.3) is 0 Å². The van der Waals surface area contributed by atoms with Crippen molar-refractivity contribution in [3.05, 3.63) is 35.9 Å². The lowest BCUT2D eigenvalue weighted by molar-refractivity contribution is 1.17. The van der Waals surface area contributed by atoms with Gasteiger partial charge < -0.3 is 0 Å². The Hall–Kier alpha value is 0.270. The van der Waals surface area contributed by atoms with Crippen LogP contribution in [0.2, 0.25) is 0 Å². The summed E-state index contributed by atoms with van der Waals surface area (Å²) in [6.45, 7) is 0. The van der Waals surface area contributed by atoms with Crippen molar-refractivity contribution in [2.75, 3.05) is 11.5 Å². The summed E-state index contributed by atoms with van der Waals surface area (Å²) >= 11 is 8.43. The van der Waals surface area contributed by atoms with Crippen LogP contribution in [0, 0.1) is 0 Å². The van der Waals surface area contributed by atoms with E-state index in [0.29, 0.717) is 4.58 Å². The van der Waals surface area contributed by atoms with Gasteiger partial charge in [-0.1, -0.05) is 30.3 Å². The maximum absolute atomic E-state index is 4.33. The van der Waals surface area contributed by atoms with Gasteiger partial charge in [-0.2, -0.15) is 12.6 Å². The summed E-state index contributed by atoms with van der Waals surface area (Å²) in [6, 6.07) is 10.7. The zero-order chi connectivity index (χ0) is 9.10. The first kappa shape index (κ1) is 9.81. The maximum Gasteiger partial charge on any atom is 0.0755 e. The fourth-order valence-corrected chi connectivity index (χ4v) is 5.07. The summed E-state index contributed by atoms with van der Waals surface area (Å²) in [7, 11) is 0. The molecule has 1 fully saturated rings. The van der Waals surface area contributed by atoms with Gasteiger partial charge in [-0.3, -0.25) is 0 Å². The fourth-order valence-electron chi connectivity index (χ4n) is 1.33. The molecule has 0 nitrogen and oxygen atoms in total. The van der Waals surface area contributed by atoms with E-state index in [2.05, 4.69) is 54.7 Å². The van der Waals surface area contributed by atoms with Crippen molar-refractivity contribution in [1.29, 1.82) is 0 Å². The standard InChI is InChI=1S/C10H12S3/c11-6-9-7-12-10(13-9)8-4-2-1-3-5-8/h1-5,9-11H,6-7H2. The summed E-state index contributed by atoms with van der Waals surface area (Å²) < 4.78 is 0.637. The lowest BCUT2D eigenvalue weighted by atomic mass is 10.2. The number of thiol groups is 1. The highest BCUT2D eigenvalue weighted by Gasteiger charge is 2.25. The first-order valence-electron chi connectivity index (χ1n) is 4.33. The monoisotopic (exact) mass is 228 g/mol. The number of hydrogen-bond acceptors (Lipinski definition) is 3. The quantitative estimate of drug-likeness (QED) is 0.770. The van der Waals surface area contributed by atoms with E-state index in [-0.39, 0.29) is 0 Å². The van der Waals surface area contributed by atoms with Crippen LogP contribution in [-0.4, -0.2) is 16.8 Å². The van der Waals surface area contributed by atoms with Crippen LogP contribution < -0.4 is 0 Å². The summed E-state index contributed by atoms with van der Waals surface area (Å²) in [5.41, 5.74) is 1.45. The summed E-state index contributed by atoms with van der Waals surface area (Å²) in [4.78, 5) is 0. The second-order valence-corrected chi connectivity index (χ2v) is 6.23. The molecule has 3 heteroatoms. The minimum atomic E-state index is 0.637. The SMILES string of the molecule is SCC1CSC(c2ccccc2)S1. The van der Waals surface area contributed by atoms with Crippen molar-refractivity contribution in [2.24, 2.45) is 0 Å². The Morgan fingerprint density at radius 1 is 1.31 bits per heavy atom. The Morgan fingerprint density at radius 2 is 2.08 bits per heavy atom. The largest absolute Gasteiger partial charge is 0.178 e. The molecule has 2 atom stereocenters. The highest BCUT2D eigenvalue weighted by Crippen LogP contribution is 2.49. The molecule has 1 saturated heterocycles. The minimum absolute atomic E-state index is 0.637. The van der Waals surface area contributed by atoms with E-state index >= 15 is 0 Å². The van der Waals surface area contributed by atoms with Gasteiger partial charge in [-0.05, 0) is 5.56 Å². The van der Waals surface area contributed by atoms with E-state index in [1.165, 1.54) is 11.3 Å². The molecule has 1 aliphatic heterocycles. The molecule has 0 saturated carbocycles. The highest BCUT2D eigenvalue weighted by molar-refractivity contribution is 8.20. The molecule has 2 rings (SSSR count). The van der Waals surface area contributed by atoms with Crippen LogP contribution in [0.15, 0.2) is 30.3 Å². The van der Waals surface area contributed by atoms with Crippen molar-refractivity contribution in [1.82, 2.24) is 0 Å². The molecule has 2 unspecified atom stereocenters. The molecule has 1 heterocycles. The van der Waals surface area contributed by atoms with E-state index < -0.39 is 0 Å². The molecule has 70 valence electrons. The highest BCUT2D eigenvalue weighted by atomic mass is 32.2. The third-order valence-electron chi connectivity index (χ3n) is 2.02. The Bertz CT molecular complexity index is 260. The summed E-state index contributed by atoms with van der Waals surface area (Å²) in [6.07, 6.45) is 0. The molecular weight excluding hydrogens is 216 g/mol. The van der Waals surface area contributed by atoms with Gasteiger partial charge in [0.2, 0.25) is 0 Å². The van der Waals surface area contributed by atoms with Crippen molar-refractivity contribution in [3.63, 3.8) is 0 Å². The maximum atomic E-state index is 4.33. The smallest absolute Gasteiger partial charge is 0.0755 e. The average molecular weight is 228 g/mol. The number of thioether (sulfide) groups is 2. The molecule has 1 aromatic rings. The first-order chi connectivity index (χ1) is 6.40. The number of benzene rings is 1. The van der Waals surface area contributed by atoms with Crippen LogP contribution in [-0.2, 0) is 0 Å². The van der Waals surface area contributed by atoms with E-state index in [9.17, 15) is 0 Å². The van der Waals surface area contributed by atoms with Crippen LogP contribution in [0.1, 0.15) is 10.1 Å². The van der Waals surface area contributed by atoms with E-state index in [0.717, 1.165) is 11.0 Å². The molecule has 1 aromatic carbocycles. The lowest BCUT2D eigenvalue weighted by Crippen LogP contribution is -2.01. The Labute approximate surface area is 93.3 Å². The first-order valence-corrected chi connectivity index (χ1v) is 6.95. The zero-order valence-corrected chi connectivity index (χ0v) is 9.75. The molecule has 13 heavy (non-hydrogen) atoms. The van der Waals surface area contributed by atoms with Crippen LogP contribution in [0.4, 0.5) is 0 Å². The number of hydrogen-bond donors (Lipinski definition) is 1. The minimum Gasteiger partial charge on any atom is -0.178 e. The normalized spacial score (nSPS) is 27.8. The van der Waals surface area contributed by atoms with Crippen LogP contribution in [0.25, 0.3) is 0 Å². The van der Waals surface area contributed by atoms with Gasteiger partial charge >= 0.3 is 0 Å². The lowest BCUT2D eigenvalue weighted by Gasteiger charge is -2.08.